The molecule has 0 fully saturated rings. The Morgan fingerprint density at radius 3 is 1.84 bits per heavy atom. The number of aromatic nitrogens is 3. The molecule has 0 aliphatic heterocycles. The van der Waals surface area contributed by atoms with Crippen LogP contribution < -0.4 is 19.9 Å². The fraction of sp³-hybridized carbons (Fsp3) is 0.323. The molecule has 0 saturated heterocycles. The number of hydrogen-bond donors (Lipinski definition) is 1. The van der Waals surface area contributed by atoms with Crippen molar-refractivity contribution in [2.24, 2.45) is 0 Å². The van der Waals surface area contributed by atoms with Gasteiger partial charge in [-0.25, -0.2) is 14.3 Å². The summed E-state index contributed by atoms with van der Waals surface area (Å²) in [4.78, 5) is 24.7. The summed E-state index contributed by atoms with van der Waals surface area (Å²) in [5.41, 5.74) is 0.768. The van der Waals surface area contributed by atoms with Crippen LogP contribution in [0.1, 0.15) is 42.8 Å². The predicted molar refractivity (Wildman–Crippen MR) is 152 cm³/mol. The quantitative estimate of drug-likeness (QED) is 0.218. The molecule has 1 heterocycles. The number of carboxylic acid groups (broad SMARTS) is 1. The highest BCUT2D eigenvalue weighted by atomic mass is 19.4. The van der Waals surface area contributed by atoms with E-state index in [9.17, 15) is 27.9 Å². The van der Waals surface area contributed by atoms with Crippen LogP contribution in [0.3, 0.4) is 0 Å². The first-order valence-electron chi connectivity index (χ1n) is 13.5. The topological polar surface area (TPSA) is 105 Å². The van der Waals surface area contributed by atoms with Gasteiger partial charge in [-0.05, 0) is 79.8 Å². The lowest BCUT2D eigenvalue weighted by atomic mass is 10.1. The third-order valence-corrected chi connectivity index (χ3v) is 6.67. The zero-order valence-electron chi connectivity index (χ0n) is 23.9. The first-order valence-corrected chi connectivity index (χ1v) is 13.5. The second-order valence-corrected chi connectivity index (χ2v) is 10.4. The molecular formula is C31H32F3N3O6. The van der Waals surface area contributed by atoms with Crippen LogP contribution in [0.25, 0.3) is 0 Å². The van der Waals surface area contributed by atoms with Crippen molar-refractivity contribution in [3.63, 3.8) is 0 Å². The lowest BCUT2D eigenvalue weighted by molar-refractivity contribution is -0.274. The molecule has 12 heteroatoms. The Labute approximate surface area is 246 Å². The molecule has 0 aliphatic rings. The first kappa shape index (κ1) is 31.2. The Morgan fingerprint density at radius 2 is 1.30 bits per heavy atom. The zero-order valence-corrected chi connectivity index (χ0v) is 23.9. The number of carboxylic acids is 1. The molecule has 0 spiro atoms. The summed E-state index contributed by atoms with van der Waals surface area (Å²) in [7, 11) is 1.57. The van der Waals surface area contributed by atoms with E-state index in [1.165, 1.54) is 42.8 Å². The lowest BCUT2D eigenvalue weighted by Gasteiger charge is -2.21. The number of aryl methyl sites for hydroxylation is 2. The van der Waals surface area contributed by atoms with Gasteiger partial charge in [0.2, 0.25) is 0 Å². The van der Waals surface area contributed by atoms with Crippen molar-refractivity contribution in [3.8, 4) is 17.2 Å². The van der Waals surface area contributed by atoms with Crippen molar-refractivity contribution < 1.29 is 37.3 Å². The van der Waals surface area contributed by atoms with E-state index in [-0.39, 0.29) is 24.5 Å². The fourth-order valence-electron chi connectivity index (χ4n) is 4.33. The van der Waals surface area contributed by atoms with Crippen molar-refractivity contribution in [1.82, 2.24) is 14.3 Å². The Balaban J connectivity index is 1.49. The molecule has 0 unspecified atom stereocenters. The van der Waals surface area contributed by atoms with Crippen LogP contribution in [-0.4, -0.2) is 44.5 Å². The summed E-state index contributed by atoms with van der Waals surface area (Å²) < 4.78 is 55.1. The Kier molecular flexibility index (Phi) is 9.47. The minimum Gasteiger partial charge on any atom is -0.497 e. The number of hydrogen-bond acceptors (Lipinski definition) is 6. The molecular weight excluding hydrogens is 567 g/mol. The highest BCUT2D eigenvalue weighted by Gasteiger charge is 2.31. The van der Waals surface area contributed by atoms with E-state index in [1.54, 1.807) is 35.9 Å². The zero-order chi connectivity index (χ0) is 31.2. The maximum Gasteiger partial charge on any atom is 0.573 e. The monoisotopic (exact) mass is 599 g/mol. The number of nitrogens with zero attached hydrogens (tertiary/aromatic N) is 3. The normalized spacial score (nSPS) is 11.8. The van der Waals surface area contributed by atoms with Gasteiger partial charge >= 0.3 is 18.0 Å². The Morgan fingerprint density at radius 1 is 0.791 bits per heavy atom. The van der Waals surface area contributed by atoms with Gasteiger partial charge in [-0.15, -0.1) is 13.2 Å². The number of methoxy groups -OCH3 is 1. The van der Waals surface area contributed by atoms with Gasteiger partial charge in [0.1, 0.15) is 23.1 Å². The standard InChI is InChI=1S/C31H32F3N3O6/c1-30(2,28(38)39)42-25-15-7-21(8-16-25)5-4-6-27-35-37(20-23-11-17-26(18-12-23)43-31(32,33)34)29(40)36(27)19-22-9-13-24(41-3)14-10-22/h7-18H,4-6,19-20H2,1-3H3,(H,38,39). The van der Waals surface area contributed by atoms with Crippen LogP contribution in [0.4, 0.5) is 13.2 Å². The predicted octanol–water partition coefficient (Wildman–Crippen LogP) is 5.47. The highest BCUT2D eigenvalue weighted by Crippen LogP contribution is 2.23. The molecule has 9 nitrogen and oxygen atoms in total. The summed E-state index contributed by atoms with van der Waals surface area (Å²) in [6.07, 6.45) is -2.96. The van der Waals surface area contributed by atoms with Crippen LogP contribution in [0.5, 0.6) is 17.2 Å². The average molecular weight is 600 g/mol. The van der Waals surface area contributed by atoms with Crippen LogP contribution >= 0.6 is 0 Å². The molecule has 0 saturated carbocycles. The minimum absolute atomic E-state index is 0.0713. The molecule has 3 aromatic carbocycles. The van der Waals surface area contributed by atoms with Crippen LogP contribution in [-0.2, 0) is 30.7 Å². The maximum absolute atomic E-state index is 13.4. The average Bonchev–Trinajstić information content (AvgIpc) is 3.23. The SMILES string of the molecule is COc1ccc(Cn2c(CCCc3ccc(OC(C)(C)C(=O)O)cc3)nn(Cc3ccc(OC(F)(F)F)cc3)c2=O)cc1. The van der Waals surface area contributed by atoms with Crippen molar-refractivity contribution in [2.45, 2.75) is 58.2 Å². The number of rotatable bonds is 13. The van der Waals surface area contributed by atoms with Gasteiger partial charge in [0.15, 0.2) is 5.60 Å². The second kappa shape index (κ2) is 13.1. The van der Waals surface area contributed by atoms with Crippen LogP contribution in [0, 0.1) is 0 Å². The summed E-state index contributed by atoms with van der Waals surface area (Å²) in [6.45, 7) is 3.31. The van der Waals surface area contributed by atoms with E-state index in [1.807, 2.05) is 24.3 Å². The van der Waals surface area contributed by atoms with Crippen molar-refractivity contribution in [1.29, 1.82) is 0 Å². The molecule has 0 radical (unpaired) electrons. The van der Waals surface area contributed by atoms with Gasteiger partial charge in [0.25, 0.3) is 0 Å². The van der Waals surface area contributed by atoms with E-state index >= 15 is 0 Å². The van der Waals surface area contributed by atoms with Gasteiger partial charge < -0.3 is 19.3 Å². The number of aliphatic carboxylic acids is 1. The summed E-state index contributed by atoms with van der Waals surface area (Å²) >= 11 is 0. The number of ether oxygens (including phenoxy) is 3. The molecule has 0 atom stereocenters. The van der Waals surface area contributed by atoms with Crippen molar-refractivity contribution in [3.05, 3.63) is 106 Å². The molecule has 1 aromatic heterocycles. The molecule has 0 bridgehead atoms. The fourth-order valence-corrected chi connectivity index (χ4v) is 4.33. The molecule has 43 heavy (non-hydrogen) atoms. The third-order valence-electron chi connectivity index (χ3n) is 6.67. The number of halogens is 3. The van der Waals surface area contributed by atoms with Crippen molar-refractivity contribution >= 4 is 5.97 Å². The molecule has 0 aliphatic carbocycles. The largest absolute Gasteiger partial charge is 0.573 e. The van der Waals surface area contributed by atoms with E-state index in [0.717, 1.165) is 11.1 Å². The van der Waals surface area contributed by atoms with E-state index in [0.29, 0.717) is 42.1 Å². The van der Waals surface area contributed by atoms with E-state index < -0.39 is 17.9 Å². The maximum atomic E-state index is 13.4. The summed E-state index contributed by atoms with van der Waals surface area (Å²) in [5, 5.41) is 13.8. The minimum atomic E-state index is -4.79. The smallest absolute Gasteiger partial charge is 0.497 e. The highest BCUT2D eigenvalue weighted by molar-refractivity contribution is 5.76. The van der Waals surface area contributed by atoms with E-state index in [2.05, 4.69) is 9.84 Å². The van der Waals surface area contributed by atoms with Crippen LogP contribution in [0.2, 0.25) is 0 Å². The Bertz CT molecular complexity index is 1580. The summed E-state index contributed by atoms with van der Waals surface area (Å²) in [5.74, 6) is 0.291. The molecule has 4 rings (SSSR count). The number of benzene rings is 3. The number of carbonyl (C=O) groups is 1. The third kappa shape index (κ3) is 8.63. The van der Waals surface area contributed by atoms with Gasteiger partial charge in [0, 0.05) is 6.42 Å². The Hall–Kier alpha value is -4.74. The summed E-state index contributed by atoms with van der Waals surface area (Å²) in [6, 6.07) is 19.8. The molecule has 0 amide bonds. The van der Waals surface area contributed by atoms with E-state index in [4.69, 9.17) is 9.47 Å². The number of alkyl halides is 3. The molecule has 4 aromatic rings. The lowest BCUT2D eigenvalue weighted by Crippen LogP contribution is -2.37. The van der Waals surface area contributed by atoms with Gasteiger partial charge in [0.05, 0.1) is 20.2 Å². The van der Waals surface area contributed by atoms with Crippen molar-refractivity contribution in [2.75, 3.05) is 7.11 Å². The first-order chi connectivity index (χ1) is 20.3. The van der Waals surface area contributed by atoms with Crippen LogP contribution in [0.15, 0.2) is 77.6 Å². The molecule has 1 N–H and O–H groups in total. The van der Waals surface area contributed by atoms with Gasteiger partial charge in [-0.3, -0.25) is 4.57 Å². The molecule has 228 valence electrons. The van der Waals surface area contributed by atoms with Gasteiger partial charge in [-0.1, -0.05) is 36.4 Å². The second-order valence-electron chi connectivity index (χ2n) is 10.4. The van der Waals surface area contributed by atoms with Gasteiger partial charge in [-0.2, -0.15) is 5.10 Å².